The number of rotatable bonds is 4. The lowest BCUT2D eigenvalue weighted by molar-refractivity contribution is 0.327. The number of anilines is 1. The fourth-order valence-electron chi connectivity index (χ4n) is 2.87. The summed E-state index contributed by atoms with van der Waals surface area (Å²) >= 11 is 0. The molecular formula is C15H25FN4. The Morgan fingerprint density at radius 1 is 1.45 bits per heavy atom. The smallest absolute Gasteiger partial charge is 0.170 e. The summed E-state index contributed by atoms with van der Waals surface area (Å²) in [5, 5.41) is 3.01. The fourth-order valence-corrected chi connectivity index (χ4v) is 2.87. The van der Waals surface area contributed by atoms with E-state index in [4.69, 9.17) is 0 Å². The molecule has 4 nitrogen and oxygen atoms in total. The summed E-state index contributed by atoms with van der Waals surface area (Å²) in [5.41, 5.74) is 0.685. The number of nitrogens with one attached hydrogen (secondary N) is 1. The average molecular weight is 280 g/mol. The van der Waals surface area contributed by atoms with E-state index in [0.717, 1.165) is 32.5 Å². The summed E-state index contributed by atoms with van der Waals surface area (Å²) in [6, 6.07) is 2.08. The zero-order valence-electron chi connectivity index (χ0n) is 12.7. The molecular weight excluding hydrogens is 255 g/mol. The maximum atomic E-state index is 14.6. The summed E-state index contributed by atoms with van der Waals surface area (Å²) in [5.74, 6) is 0.338. The van der Waals surface area contributed by atoms with Gasteiger partial charge in [0.15, 0.2) is 11.6 Å². The second-order valence-electron chi connectivity index (χ2n) is 5.51. The lowest BCUT2D eigenvalue weighted by atomic mass is 10.1. The van der Waals surface area contributed by atoms with Gasteiger partial charge in [-0.2, -0.15) is 0 Å². The maximum Gasteiger partial charge on any atom is 0.170 e. The Bertz CT molecular complexity index is 438. The third-order valence-electron chi connectivity index (χ3n) is 3.96. The third-order valence-corrected chi connectivity index (χ3v) is 3.96. The van der Waals surface area contributed by atoms with E-state index in [-0.39, 0.29) is 5.82 Å². The molecule has 1 fully saturated rings. The van der Waals surface area contributed by atoms with Crippen LogP contribution in [0.2, 0.25) is 0 Å². The molecule has 0 amide bonds. The van der Waals surface area contributed by atoms with Gasteiger partial charge in [-0.15, -0.1) is 0 Å². The van der Waals surface area contributed by atoms with Crippen molar-refractivity contribution in [2.24, 2.45) is 0 Å². The third kappa shape index (κ3) is 3.27. The second kappa shape index (κ2) is 6.99. The van der Waals surface area contributed by atoms with Crippen LogP contribution in [-0.4, -0.2) is 49.7 Å². The van der Waals surface area contributed by atoms with Crippen LogP contribution in [0, 0.1) is 5.82 Å². The Morgan fingerprint density at radius 3 is 2.95 bits per heavy atom. The van der Waals surface area contributed by atoms with Gasteiger partial charge in [-0.25, -0.2) is 9.37 Å². The topological polar surface area (TPSA) is 31.4 Å². The highest BCUT2D eigenvalue weighted by Crippen LogP contribution is 2.24. The molecule has 112 valence electrons. The first-order valence-electron chi connectivity index (χ1n) is 7.40. The molecule has 0 radical (unpaired) electrons. The quantitative estimate of drug-likeness (QED) is 0.912. The van der Waals surface area contributed by atoms with Crippen molar-refractivity contribution in [3.63, 3.8) is 0 Å². The number of hydrogen-bond acceptors (Lipinski definition) is 4. The first kappa shape index (κ1) is 15.2. The Kier molecular flexibility index (Phi) is 5.31. The second-order valence-corrected chi connectivity index (χ2v) is 5.51. The van der Waals surface area contributed by atoms with Crippen molar-refractivity contribution >= 4 is 5.82 Å². The number of likely N-dealkylation sites (N-methyl/N-ethyl adjacent to an activating group) is 1. The molecule has 0 aromatic carbocycles. The predicted octanol–water partition coefficient (Wildman–Crippen LogP) is 1.86. The van der Waals surface area contributed by atoms with E-state index in [0.29, 0.717) is 24.0 Å². The van der Waals surface area contributed by atoms with Crippen molar-refractivity contribution < 1.29 is 4.39 Å². The van der Waals surface area contributed by atoms with Crippen molar-refractivity contribution in [3.8, 4) is 0 Å². The number of aromatic nitrogens is 1. The molecule has 1 atom stereocenters. The van der Waals surface area contributed by atoms with Crippen LogP contribution >= 0.6 is 0 Å². The van der Waals surface area contributed by atoms with Gasteiger partial charge in [0.2, 0.25) is 0 Å². The SMILES string of the molecule is CCC1CN(C)CCCN1c1nccc(CNC)c1F. The molecule has 5 heteroatoms. The first-order chi connectivity index (χ1) is 9.67. The standard InChI is InChI=1S/C15H25FN4/c1-4-13-11-19(3)8-5-9-20(13)15-14(16)12(10-17-2)6-7-18-15/h6-7,13,17H,4-5,8-11H2,1-3H3. The van der Waals surface area contributed by atoms with E-state index < -0.39 is 0 Å². The van der Waals surface area contributed by atoms with E-state index in [1.54, 1.807) is 12.3 Å². The Morgan fingerprint density at radius 2 is 2.25 bits per heavy atom. The number of pyridine rings is 1. The Balaban J connectivity index is 2.30. The number of hydrogen-bond donors (Lipinski definition) is 1. The zero-order valence-corrected chi connectivity index (χ0v) is 12.7. The molecule has 0 spiro atoms. The first-order valence-corrected chi connectivity index (χ1v) is 7.40. The van der Waals surface area contributed by atoms with Crippen molar-refractivity contribution in [1.82, 2.24) is 15.2 Å². The van der Waals surface area contributed by atoms with Gasteiger partial charge in [-0.1, -0.05) is 6.92 Å². The minimum atomic E-state index is -0.176. The van der Waals surface area contributed by atoms with Gasteiger partial charge in [0, 0.05) is 37.4 Å². The largest absolute Gasteiger partial charge is 0.350 e. The lowest BCUT2D eigenvalue weighted by Gasteiger charge is -2.31. The van der Waals surface area contributed by atoms with Gasteiger partial charge in [0.1, 0.15) is 0 Å². The van der Waals surface area contributed by atoms with Gasteiger partial charge in [0.05, 0.1) is 0 Å². The molecule has 1 unspecified atom stereocenters. The summed E-state index contributed by atoms with van der Waals surface area (Å²) in [7, 11) is 3.96. The molecule has 0 bridgehead atoms. The van der Waals surface area contributed by atoms with E-state index in [9.17, 15) is 4.39 Å². The Labute approximate surface area is 121 Å². The Hall–Kier alpha value is -1.20. The summed E-state index contributed by atoms with van der Waals surface area (Å²) in [4.78, 5) is 8.79. The van der Waals surface area contributed by atoms with E-state index >= 15 is 0 Å². The van der Waals surface area contributed by atoms with Crippen LogP contribution in [0.15, 0.2) is 12.3 Å². The van der Waals surface area contributed by atoms with E-state index in [1.165, 1.54) is 0 Å². The number of halogens is 1. The van der Waals surface area contributed by atoms with Crippen LogP contribution in [-0.2, 0) is 6.54 Å². The van der Waals surface area contributed by atoms with Crippen molar-refractivity contribution in [2.45, 2.75) is 32.4 Å². The van der Waals surface area contributed by atoms with Crippen molar-refractivity contribution in [2.75, 3.05) is 38.6 Å². The van der Waals surface area contributed by atoms with Crippen LogP contribution in [0.5, 0.6) is 0 Å². The summed E-state index contributed by atoms with van der Waals surface area (Å²) in [6.45, 7) is 5.59. The molecule has 1 aromatic rings. The van der Waals surface area contributed by atoms with Crippen LogP contribution in [0.3, 0.4) is 0 Å². The summed E-state index contributed by atoms with van der Waals surface area (Å²) in [6.07, 6.45) is 3.76. The highest BCUT2D eigenvalue weighted by Gasteiger charge is 2.26. The van der Waals surface area contributed by atoms with Gasteiger partial charge < -0.3 is 15.1 Å². The fraction of sp³-hybridized carbons (Fsp3) is 0.667. The van der Waals surface area contributed by atoms with Gasteiger partial charge >= 0.3 is 0 Å². The normalized spacial score (nSPS) is 21.0. The minimum Gasteiger partial charge on any atom is -0.350 e. The van der Waals surface area contributed by atoms with Gasteiger partial charge in [0.25, 0.3) is 0 Å². The highest BCUT2D eigenvalue weighted by molar-refractivity contribution is 5.44. The average Bonchev–Trinajstić information content (AvgIpc) is 2.63. The van der Waals surface area contributed by atoms with Crippen LogP contribution in [0.25, 0.3) is 0 Å². The van der Waals surface area contributed by atoms with Crippen LogP contribution in [0.4, 0.5) is 10.2 Å². The molecule has 1 saturated heterocycles. The lowest BCUT2D eigenvalue weighted by Crippen LogP contribution is -2.41. The van der Waals surface area contributed by atoms with Gasteiger partial charge in [-0.05, 0) is 39.5 Å². The molecule has 2 heterocycles. The molecule has 2 rings (SSSR count). The molecule has 1 aromatic heterocycles. The van der Waals surface area contributed by atoms with Crippen LogP contribution in [0.1, 0.15) is 25.3 Å². The molecule has 1 N–H and O–H groups in total. The van der Waals surface area contributed by atoms with Crippen LogP contribution < -0.4 is 10.2 Å². The molecule has 20 heavy (non-hydrogen) atoms. The maximum absolute atomic E-state index is 14.6. The molecule has 1 aliphatic heterocycles. The molecule has 1 aliphatic rings. The zero-order chi connectivity index (χ0) is 14.5. The monoisotopic (exact) mass is 280 g/mol. The molecule has 0 aliphatic carbocycles. The van der Waals surface area contributed by atoms with Gasteiger partial charge in [-0.3, -0.25) is 0 Å². The van der Waals surface area contributed by atoms with Crippen molar-refractivity contribution in [3.05, 3.63) is 23.6 Å². The van der Waals surface area contributed by atoms with E-state index in [2.05, 4.69) is 34.1 Å². The summed E-state index contributed by atoms with van der Waals surface area (Å²) < 4.78 is 14.6. The number of nitrogens with zero attached hydrogens (tertiary/aromatic N) is 3. The highest BCUT2D eigenvalue weighted by atomic mass is 19.1. The minimum absolute atomic E-state index is 0.176. The predicted molar refractivity (Wildman–Crippen MR) is 80.5 cm³/mol. The van der Waals surface area contributed by atoms with Crippen molar-refractivity contribution in [1.29, 1.82) is 0 Å². The molecule has 0 saturated carbocycles. The van der Waals surface area contributed by atoms with E-state index in [1.807, 2.05) is 7.05 Å².